The maximum atomic E-state index is 13.0. The Labute approximate surface area is 183 Å². The number of hydrogen-bond acceptors (Lipinski definition) is 6. The lowest BCUT2D eigenvalue weighted by molar-refractivity contribution is 0.0683. The summed E-state index contributed by atoms with van der Waals surface area (Å²) < 4.78 is 1.33. The molecule has 1 N–H and O–H groups in total. The van der Waals surface area contributed by atoms with Crippen LogP contribution in [0.1, 0.15) is 35.7 Å². The molecule has 1 fully saturated rings. The number of carbonyl (C=O) groups excluding carboxylic acids is 1. The monoisotopic (exact) mass is 433 g/mol. The number of hydrogen-bond donors (Lipinski definition) is 1. The number of piperidine rings is 1. The van der Waals surface area contributed by atoms with Gasteiger partial charge in [0, 0.05) is 25.2 Å². The molecule has 1 aliphatic heterocycles. The van der Waals surface area contributed by atoms with Gasteiger partial charge in [0.2, 0.25) is 10.1 Å². The number of nitrogens with one attached hydrogen (secondary N) is 1. The van der Waals surface area contributed by atoms with Gasteiger partial charge >= 0.3 is 0 Å². The number of nitrogens with zero attached hydrogens (tertiary/aromatic N) is 4. The molecule has 2 aromatic heterocycles. The number of carbonyl (C=O) groups is 1. The molecule has 5 rings (SSSR count). The van der Waals surface area contributed by atoms with Crippen molar-refractivity contribution in [3.05, 3.63) is 70.0 Å². The van der Waals surface area contributed by atoms with Gasteiger partial charge in [0.25, 0.3) is 11.5 Å². The summed E-state index contributed by atoms with van der Waals surface area (Å²) in [5.74, 6) is 0.518. The standard InChI is InChI=1S/C23H23N5O2S/c1-15-6-5-11-27(14-15)20(29)17-9-10-18-19(12-17)25-23-28(21(18)30)26-22(31-23)24-13-16-7-3-2-4-8-16/h2-4,7-10,12,15H,5-6,11,13-14H2,1H3,(H,24,26)/t15-/m1/s1. The number of benzene rings is 2. The molecule has 0 bridgehead atoms. The molecule has 1 saturated heterocycles. The maximum Gasteiger partial charge on any atom is 0.283 e. The van der Waals surface area contributed by atoms with Gasteiger partial charge in [0.15, 0.2) is 0 Å². The van der Waals surface area contributed by atoms with E-state index in [1.165, 1.54) is 15.9 Å². The molecule has 4 aromatic rings. The Morgan fingerprint density at radius 1 is 1.23 bits per heavy atom. The van der Waals surface area contributed by atoms with Crippen LogP contribution in [0, 0.1) is 5.92 Å². The van der Waals surface area contributed by atoms with Crippen molar-refractivity contribution in [2.45, 2.75) is 26.3 Å². The van der Waals surface area contributed by atoms with E-state index in [4.69, 9.17) is 0 Å². The van der Waals surface area contributed by atoms with Gasteiger partial charge in [-0.3, -0.25) is 9.59 Å². The van der Waals surface area contributed by atoms with Crippen molar-refractivity contribution in [3.8, 4) is 0 Å². The van der Waals surface area contributed by atoms with Gasteiger partial charge in [0.1, 0.15) is 0 Å². The van der Waals surface area contributed by atoms with Crippen LogP contribution >= 0.6 is 11.3 Å². The molecule has 1 atom stereocenters. The molecular weight excluding hydrogens is 410 g/mol. The number of aromatic nitrogens is 3. The van der Waals surface area contributed by atoms with Gasteiger partial charge < -0.3 is 10.2 Å². The van der Waals surface area contributed by atoms with Crippen molar-refractivity contribution in [1.82, 2.24) is 19.5 Å². The highest BCUT2D eigenvalue weighted by molar-refractivity contribution is 7.20. The van der Waals surface area contributed by atoms with Crippen LogP contribution in [-0.4, -0.2) is 38.5 Å². The van der Waals surface area contributed by atoms with E-state index < -0.39 is 0 Å². The van der Waals surface area contributed by atoms with Gasteiger partial charge in [0.05, 0.1) is 10.9 Å². The van der Waals surface area contributed by atoms with Crippen molar-refractivity contribution < 1.29 is 4.79 Å². The van der Waals surface area contributed by atoms with Crippen molar-refractivity contribution in [2.75, 3.05) is 18.4 Å². The van der Waals surface area contributed by atoms with Gasteiger partial charge in [-0.15, -0.1) is 5.10 Å². The van der Waals surface area contributed by atoms with Crippen LogP contribution in [0.15, 0.2) is 53.3 Å². The summed E-state index contributed by atoms with van der Waals surface area (Å²) in [7, 11) is 0. The van der Waals surface area contributed by atoms with Crippen LogP contribution in [0.3, 0.4) is 0 Å². The maximum absolute atomic E-state index is 13.0. The molecular formula is C23H23N5O2S. The molecule has 0 saturated carbocycles. The van der Waals surface area contributed by atoms with Crippen LogP contribution in [0.5, 0.6) is 0 Å². The lowest BCUT2D eigenvalue weighted by atomic mass is 9.99. The minimum atomic E-state index is -0.227. The third-order valence-electron chi connectivity index (χ3n) is 5.67. The first-order chi connectivity index (χ1) is 15.1. The summed E-state index contributed by atoms with van der Waals surface area (Å²) in [6.45, 7) is 4.34. The normalized spacial score (nSPS) is 16.7. The number of rotatable bonds is 4. The topological polar surface area (TPSA) is 79.6 Å². The molecule has 1 aliphatic rings. The van der Waals surface area contributed by atoms with E-state index in [2.05, 4.69) is 22.3 Å². The Bertz CT molecular complexity index is 1310. The smallest absolute Gasteiger partial charge is 0.283 e. The summed E-state index contributed by atoms with van der Waals surface area (Å²) in [6.07, 6.45) is 2.18. The third kappa shape index (κ3) is 3.90. The van der Waals surface area contributed by atoms with Crippen molar-refractivity contribution in [1.29, 1.82) is 0 Å². The van der Waals surface area contributed by atoms with E-state index in [0.29, 0.717) is 39.0 Å². The molecule has 1 amide bonds. The average molecular weight is 434 g/mol. The Hall–Kier alpha value is -3.26. The van der Waals surface area contributed by atoms with E-state index in [9.17, 15) is 9.59 Å². The summed E-state index contributed by atoms with van der Waals surface area (Å²) in [5.41, 5.74) is 2.00. The van der Waals surface area contributed by atoms with E-state index in [0.717, 1.165) is 31.5 Å². The number of amides is 1. The minimum Gasteiger partial charge on any atom is -0.356 e. The second-order valence-electron chi connectivity index (χ2n) is 8.09. The molecule has 158 valence electrons. The molecule has 0 aliphatic carbocycles. The quantitative estimate of drug-likeness (QED) is 0.530. The Morgan fingerprint density at radius 3 is 2.87 bits per heavy atom. The van der Waals surface area contributed by atoms with Crippen molar-refractivity contribution in [2.24, 2.45) is 5.92 Å². The van der Waals surface area contributed by atoms with Gasteiger partial charge in [-0.25, -0.2) is 4.98 Å². The third-order valence-corrected chi connectivity index (χ3v) is 6.54. The lowest BCUT2D eigenvalue weighted by Gasteiger charge is -2.31. The molecule has 31 heavy (non-hydrogen) atoms. The van der Waals surface area contributed by atoms with E-state index in [1.54, 1.807) is 18.2 Å². The highest BCUT2D eigenvalue weighted by Crippen LogP contribution is 2.22. The summed E-state index contributed by atoms with van der Waals surface area (Å²) in [4.78, 5) is 32.9. The zero-order valence-electron chi connectivity index (χ0n) is 17.2. The van der Waals surface area contributed by atoms with Crippen LogP contribution in [0.25, 0.3) is 15.9 Å². The zero-order chi connectivity index (χ0) is 21.4. The number of likely N-dealkylation sites (tertiary alicyclic amines) is 1. The van der Waals surface area contributed by atoms with Crippen molar-refractivity contribution in [3.63, 3.8) is 0 Å². The second kappa shape index (κ2) is 8.11. The van der Waals surface area contributed by atoms with E-state index in [1.807, 2.05) is 35.2 Å². The SMILES string of the molecule is C[C@@H]1CCCN(C(=O)c2ccc3c(=O)n4nc(NCc5ccccc5)sc4nc3c2)C1. The average Bonchev–Trinajstić information content (AvgIpc) is 3.21. The Balaban J connectivity index is 1.45. The highest BCUT2D eigenvalue weighted by Gasteiger charge is 2.22. The molecule has 7 nitrogen and oxygen atoms in total. The van der Waals surface area contributed by atoms with Crippen LogP contribution in [0.4, 0.5) is 5.13 Å². The van der Waals surface area contributed by atoms with Crippen LogP contribution in [0.2, 0.25) is 0 Å². The number of anilines is 1. The fourth-order valence-electron chi connectivity index (χ4n) is 4.04. The molecule has 0 unspecified atom stereocenters. The second-order valence-corrected chi connectivity index (χ2v) is 9.04. The first kappa shape index (κ1) is 19.7. The van der Waals surface area contributed by atoms with Gasteiger partial charge in [-0.2, -0.15) is 4.52 Å². The Morgan fingerprint density at radius 2 is 2.06 bits per heavy atom. The number of fused-ring (bicyclic) bond motifs is 2. The van der Waals surface area contributed by atoms with E-state index in [-0.39, 0.29) is 11.5 Å². The summed E-state index contributed by atoms with van der Waals surface area (Å²) in [6, 6.07) is 15.1. The van der Waals surface area contributed by atoms with E-state index >= 15 is 0 Å². The van der Waals surface area contributed by atoms with Gasteiger partial charge in [-0.05, 0) is 42.5 Å². The fourth-order valence-corrected chi connectivity index (χ4v) is 4.84. The van der Waals surface area contributed by atoms with Crippen molar-refractivity contribution >= 4 is 38.2 Å². The molecule has 0 radical (unpaired) electrons. The van der Waals surface area contributed by atoms with Gasteiger partial charge in [-0.1, -0.05) is 48.6 Å². The largest absolute Gasteiger partial charge is 0.356 e. The molecule has 3 heterocycles. The first-order valence-corrected chi connectivity index (χ1v) is 11.3. The highest BCUT2D eigenvalue weighted by atomic mass is 32.1. The van der Waals surface area contributed by atoms with Crippen LogP contribution < -0.4 is 10.9 Å². The Kier molecular flexibility index (Phi) is 5.15. The lowest BCUT2D eigenvalue weighted by Crippen LogP contribution is -2.39. The predicted octanol–water partition coefficient (Wildman–Crippen LogP) is 3.79. The summed E-state index contributed by atoms with van der Waals surface area (Å²) in [5, 5.41) is 8.73. The van der Waals surface area contributed by atoms with Crippen LogP contribution in [-0.2, 0) is 6.54 Å². The summed E-state index contributed by atoms with van der Waals surface area (Å²) >= 11 is 1.32. The minimum absolute atomic E-state index is 0.00460. The molecule has 8 heteroatoms. The molecule has 0 spiro atoms. The molecule has 2 aromatic carbocycles. The predicted molar refractivity (Wildman–Crippen MR) is 123 cm³/mol. The zero-order valence-corrected chi connectivity index (χ0v) is 18.1. The fraction of sp³-hybridized carbons (Fsp3) is 0.304. The first-order valence-electron chi connectivity index (χ1n) is 10.5.